The smallest absolute Gasteiger partial charge is 0.0560 e. The highest BCUT2D eigenvalue weighted by Gasteiger charge is 2.11. The summed E-state index contributed by atoms with van der Waals surface area (Å²) in [7, 11) is 0. The fourth-order valence-corrected chi connectivity index (χ4v) is 2.76. The van der Waals surface area contributed by atoms with Gasteiger partial charge in [-0.2, -0.15) is 0 Å². The zero-order valence-electron chi connectivity index (χ0n) is 9.33. The number of hydrogen-bond acceptors (Lipinski definition) is 2. The summed E-state index contributed by atoms with van der Waals surface area (Å²) in [5, 5.41) is 2.13. The fraction of sp³-hybridized carbons (Fsp3) is 0.231. The highest BCUT2D eigenvalue weighted by atomic mass is 79.9. The standard InChI is InChI=1S/C13H14BrNS/c1-8-3-4-10(6-12(8)14)13(15)11-5-9(2)16-7-11/h3-7,13H,15H2,1-2H3. The van der Waals surface area contributed by atoms with Crippen molar-refractivity contribution in [2.45, 2.75) is 19.9 Å². The third kappa shape index (κ3) is 2.37. The van der Waals surface area contributed by atoms with Crippen molar-refractivity contribution in [1.82, 2.24) is 0 Å². The van der Waals surface area contributed by atoms with Crippen molar-refractivity contribution >= 4 is 27.3 Å². The van der Waals surface area contributed by atoms with Crippen LogP contribution in [0.15, 0.2) is 34.1 Å². The lowest BCUT2D eigenvalue weighted by Gasteiger charge is -2.11. The summed E-state index contributed by atoms with van der Waals surface area (Å²) in [5.41, 5.74) is 9.81. The van der Waals surface area contributed by atoms with E-state index in [1.807, 2.05) is 0 Å². The molecule has 3 heteroatoms. The first-order valence-corrected chi connectivity index (χ1v) is 6.82. The Kier molecular flexibility index (Phi) is 3.47. The number of rotatable bonds is 2. The van der Waals surface area contributed by atoms with Gasteiger partial charge in [0, 0.05) is 9.35 Å². The van der Waals surface area contributed by atoms with Crippen LogP contribution in [0.4, 0.5) is 0 Å². The van der Waals surface area contributed by atoms with E-state index in [0.717, 1.165) is 10.0 Å². The highest BCUT2D eigenvalue weighted by molar-refractivity contribution is 9.10. The van der Waals surface area contributed by atoms with Gasteiger partial charge in [-0.1, -0.05) is 28.1 Å². The maximum Gasteiger partial charge on any atom is 0.0560 e. The van der Waals surface area contributed by atoms with Crippen molar-refractivity contribution in [1.29, 1.82) is 0 Å². The Hall–Kier alpha value is -0.640. The summed E-state index contributed by atoms with van der Waals surface area (Å²) < 4.78 is 1.12. The lowest BCUT2D eigenvalue weighted by molar-refractivity contribution is 0.874. The van der Waals surface area contributed by atoms with Crippen LogP contribution in [0, 0.1) is 13.8 Å². The molecular formula is C13H14BrNS. The Balaban J connectivity index is 2.33. The van der Waals surface area contributed by atoms with Crippen molar-refractivity contribution < 1.29 is 0 Å². The molecule has 0 saturated carbocycles. The number of benzene rings is 1. The number of halogens is 1. The molecule has 2 N–H and O–H groups in total. The molecule has 1 heterocycles. The Labute approximate surface area is 108 Å². The van der Waals surface area contributed by atoms with Gasteiger partial charge in [-0.15, -0.1) is 11.3 Å². The lowest BCUT2D eigenvalue weighted by atomic mass is 10.0. The fourth-order valence-electron chi connectivity index (χ4n) is 1.62. The molecule has 1 nitrogen and oxygen atoms in total. The van der Waals surface area contributed by atoms with Gasteiger partial charge in [-0.05, 0) is 48.1 Å². The molecule has 1 atom stereocenters. The molecule has 0 spiro atoms. The van der Waals surface area contributed by atoms with Gasteiger partial charge >= 0.3 is 0 Å². The minimum Gasteiger partial charge on any atom is -0.320 e. The molecule has 2 rings (SSSR count). The van der Waals surface area contributed by atoms with E-state index in [4.69, 9.17) is 5.73 Å². The monoisotopic (exact) mass is 295 g/mol. The predicted octanol–water partition coefficient (Wildman–Crippen LogP) is 4.18. The molecule has 0 amide bonds. The molecule has 1 aromatic heterocycles. The van der Waals surface area contributed by atoms with Crippen LogP contribution in [0.3, 0.4) is 0 Å². The van der Waals surface area contributed by atoms with Gasteiger partial charge < -0.3 is 5.73 Å². The first-order chi connectivity index (χ1) is 7.58. The normalized spacial score (nSPS) is 12.8. The van der Waals surface area contributed by atoms with E-state index in [1.54, 1.807) is 11.3 Å². The Morgan fingerprint density at radius 2 is 1.94 bits per heavy atom. The van der Waals surface area contributed by atoms with Crippen LogP contribution in [0.1, 0.15) is 27.6 Å². The van der Waals surface area contributed by atoms with Gasteiger partial charge in [0.25, 0.3) is 0 Å². The molecule has 0 radical (unpaired) electrons. The average Bonchev–Trinajstić information content (AvgIpc) is 2.68. The summed E-state index contributed by atoms with van der Waals surface area (Å²) in [4.78, 5) is 1.30. The van der Waals surface area contributed by atoms with Crippen LogP contribution in [-0.4, -0.2) is 0 Å². The highest BCUT2D eigenvalue weighted by Crippen LogP contribution is 2.27. The van der Waals surface area contributed by atoms with Crippen molar-refractivity contribution in [3.8, 4) is 0 Å². The minimum atomic E-state index is -0.0261. The molecule has 1 unspecified atom stereocenters. The van der Waals surface area contributed by atoms with Crippen LogP contribution in [-0.2, 0) is 0 Å². The molecule has 0 aliphatic rings. The van der Waals surface area contributed by atoms with Gasteiger partial charge in [0.05, 0.1) is 6.04 Å². The van der Waals surface area contributed by atoms with E-state index in [0.29, 0.717) is 0 Å². The van der Waals surface area contributed by atoms with Gasteiger partial charge in [-0.25, -0.2) is 0 Å². The summed E-state index contributed by atoms with van der Waals surface area (Å²) in [6, 6.07) is 8.42. The molecule has 0 aliphatic carbocycles. The van der Waals surface area contributed by atoms with Crippen LogP contribution in [0.2, 0.25) is 0 Å². The first-order valence-electron chi connectivity index (χ1n) is 5.14. The second-order valence-corrected chi connectivity index (χ2v) is 5.95. The van der Waals surface area contributed by atoms with Gasteiger partial charge in [0.1, 0.15) is 0 Å². The summed E-state index contributed by atoms with van der Waals surface area (Å²) >= 11 is 5.28. The van der Waals surface area contributed by atoms with Crippen molar-refractivity contribution in [2.24, 2.45) is 5.73 Å². The van der Waals surface area contributed by atoms with Crippen molar-refractivity contribution in [3.05, 3.63) is 55.7 Å². The van der Waals surface area contributed by atoms with E-state index in [2.05, 4.69) is 59.4 Å². The number of aryl methyl sites for hydroxylation is 2. The minimum absolute atomic E-state index is 0.0261. The molecule has 0 bridgehead atoms. The molecule has 1 aromatic carbocycles. The van der Waals surface area contributed by atoms with Gasteiger partial charge in [-0.3, -0.25) is 0 Å². The zero-order chi connectivity index (χ0) is 11.7. The number of thiophene rings is 1. The third-order valence-corrected chi connectivity index (χ3v) is 4.40. The molecule has 84 valence electrons. The van der Waals surface area contributed by atoms with Crippen molar-refractivity contribution in [2.75, 3.05) is 0 Å². The van der Waals surface area contributed by atoms with E-state index in [9.17, 15) is 0 Å². The van der Waals surface area contributed by atoms with Gasteiger partial charge in [0.15, 0.2) is 0 Å². The summed E-state index contributed by atoms with van der Waals surface area (Å²) in [6.45, 7) is 4.18. The second kappa shape index (κ2) is 4.70. The van der Waals surface area contributed by atoms with E-state index in [1.165, 1.54) is 16.0 Å². The maximum atomic E-state index is 6.23. The van der Waals surface area contributed by atoms with Crippen molar-refractivity contribution in [3.63, 3.8) is 0 Å². The average molecular weight is 296 g/mol. The zero-order valence-corrected chi connectivity index (χ0v) is 11.7. The molecule has 0 aliphatic heterocycles. The van der Waals surface area contributed by atoms with E-state index >= 15 is 0 Å². The van der Waals surface area contributed by atoms with Crippen LogP contribution in [0.25, 0.3) is 0 Å². The van der Waals surface area contributed by atoms with E-state index in [-0.39, 0.29) is 6.04 Å². The topological polar surface area (TPSA) is 26.0 Å². The van der Waals surface area contributed by atoms with Crippen LogP contribution >= 0.6 is 27.3 Å². The quantitative estimate of drug-likeness (QED) is 0.884. The first kappa shape index (κ1) is 11.8. The molecule has 16 heavy (non-hydrogen) atoms. The lowest BCUT2D eigenvalue weighted by Crippen LogP contribution is -2.10. The largest absolute Gasteiger partial charge is 0.320 e. The molecule has 2 aromatic rings. The van der Waals surface area contributed by atoms with Crippen LogP contribution < -0.4 is 5.73 Å². The molecule has 0 fully saturated rings. The second-order valence-electron chi connectivity index (χ2n) is 3.98. The van der Waals surface area contributed by atoms with E-state index < -0.39 is 0 Å². The third-order valence-electron chi connectivity index (χ3n) is 2.66. The maximum absolute atomic E-state index is 6.23. The Bertz CT molecular complexity index is 504. The molecule has 0 saturated heterocycles. The van der Waals surface area contributed by atoms with Gasteiger partial charge in [0.2, 0.25) is 0 Å². The Morgan fingerprint density at radius 3 is 2.50 bits per heavy atom. The predicted molar refractivity (Wildman–Crippen MR) is 74.0 cm³/mol. The summed E-state index contributed by atoms with van der Waals surface area (Å²) in [5.74, 6) is 0. The summed E-state index contributed by atoms with van der Waals surface area (Å²) in [6.07, 6.45) is 0. The molecular weight excluding hydrogens is 282 g/mol. The Morgan fingerprint density at radius 1 is 1.19 bits per heavy atom. The number of hydrogen-bond donors (Lipinski definition) is 1. The SMILES string of the molecule is Cc1cc(C(N)c2ccc(C)c(Br)c2)cs1. The number of nitrogens with two attached hydrogens (primary N) is 1. The van der Waals surface area contributed by atoms with Crippen LogP contribution in [0.5, 0.6) is 0 Å².